The summed E-state index contributed by atoms with van der Waals surface area (Å²) in [5, 5.41) is 22.4. The fourth-order valence-corrected chi connectivity index (χ4v) is 4.85. The highest BCUT2D eigenvalue weighted by molar-refractivity contribution is 7.18. The van der Waals surface area contributed by atoms with Crippen LogP contribution in [-0.4, -0.2) is 35.3 Å². The number of thiazole rings is 1. The van der Waals surface area contributed by atoms with Gasteiger partial charge in [0.2, 0.25) is 0 Å². The van der Waals surface area contributed by atoms with Crippen molar-refractivity contribution < 1.29 is 14.6 Å². The second-order valence-electron chi connectivity index (χ2n) is 8.31. The molecular weight excluding hydrogens is 446 g/mol. The van der Waals surface area contributed by atoms with Gasteiger partial charge in [0, 0.05) is 18.3 Å². The molecule has 6 nitrogen and oxygen atoms in total. The number of carboxylic acids is 1. The van der Waals surface area contributed by atoms with Crippen molar-refractivity contribution in [3.05, 3.63) is 59.3 Å². The summed E-state index contributed by atoms with van der Waals surface area (Å²) in [4.78, 5) is 16.4. The van der Waals surface area contributed by atoms with Crippen molar-refractivity contribution in [2.24, 2.45) is 0 Å². The fourth-order valence-electron chi connectivity index (χ4n) is 3.88. The highest BCUT2D eigenvalue weighted by Gasteiger charge is 2.14. The summed E-state index contributed by atoms with van der Waals surface area (Å²) in [5.74, 6) is -0.183. The van der Waals surface area contributed by atoms with Gasteiger partial charge in [-0.2, -0.15) is 5.26 Å². The Morgan fingerprint density at radius 2 is 2.09 bits per heavy atom. The maximum Gasteiger partial charge on any atom is 0.304 e. The van der Waals surface area contributed by atoms with Crippen molar-refractivity contribution in [2.75, 3.05) is 13.1 Å². The monoisotopic (exact) mass is 477 g/mol. The summed E-state index contributed by atoms with van der Waals surface area (Å²) in [5.41, 5.74) is 5.25. The lowest BCUT2D eigenvalue weighted by atomic mass is 9.95. The lowest BCUT2D eigenvalue weighted by Gasteiger charge is -2.13. The van der Waals surface area contributed by atoms with Crippen molar-refractivity contribution >= 4 is 17.3 Å². The zero-order valence-corrected chi connectivity index (χ0v) is 20.7. The molecule has 0 fully saturated rings. The average Bonchev–Trinajstić information content (AvgIpc) is 3.31. The van der Waals surface area contributed by atoms with Crippen LogP contribution >= 0.6 is 11.3 Å². The molecule has 0 atom stereocenters. The van der Waals surface area contributed by atoms with Gasteiger partial charge in [-0.15, -0.1) is 11.3 Å². The molecule has 1 aromatic heterocycles. The molecule has 2 N–H and O–H groups in total. The quantitative estimate of drug-likeness (QED) is 0.325. The van der Waals surface area contributed by atoms with Gasteiger partial charge >= 0.3 is 5.97 Å². The van der Waals surface area contributed by atoms with E-state index in [-0.39, 0.29) is 12.5 Å². The van der Waals surface area contributed by atoms with Gasteiger partial charge in [0.25, 0.3) is 0 Å². The third-order valence-electron chi connectivity index (χ3n) is 5.42. The summed E-state index contributed by atoms with van der Waals surface area (Å²) in [7, 11) is 0. The van der Waals surface area contributed by atoms with Crippen molar-refractivity contribution in [1.82, 2.24) is 10.3 Å². The maximum atomic E-state index is 10.6. The molecule has 0 radical (unpaired) electrons. The standard InChI is InChI=1S/C27H31N3O3S/c1-4-22-19(8-6-13-29-14-12-26(31)32)7-5-9-23(22)25-17-30-27(34-25)20-10-11-24(33-18(2)3)21(15-20)16-28/h5,7,9-11,15,17-18,29H,4,6,8,12-14H2,1-3H3,(H,31,32). The summed E-state index contributed by atoms with van der Waals surface area (Å²) in [6.45, 7) is 7.35. The molecule has 0 aliphatic carbocycles. The topological polar surface area (TPSA) is 95.2 Å². The number of aromatic nitrogens is 1. The molecule has 3 rings (SSSR count). The zero-order valence-electron chi connectivity index (χ0n) is 19.9. The minimum atomic E-state index is -0.777. The number of ether oxygens (including phenoxy) is 1. The first-order chi connectivity index (χ1) is 16.4. The number of carboxylic acid groups (broad SMARTS) is 1. The van der Waals surface area contributed by atoms with Crippen LogP contribution in [0.1, 0.15) is 50.3 Å². The summed E-state index contributed by atoms with van der Waals surface area (Å²) in [6, 6.07) is 14.3. The molecule has 178 valence electrons. The van der Waals surface area contributed by atoms with E-state index >= 15 is 0 Å². The van der Waals surface area contributed by atoms with Gasteiger partial charge in [-0.1, -0.05) is 25.1 Å². The second kappa shape index (κ2) is 12.3. The second-order valence-corrected chi connectivity index (χ2v) is 9.34. The van der Waals surface area contributed by atoms with Crippen LogP contribution in [0.4, 0.5) is 0 Å². The fraction of sp³-hybridized carbons (Fsp3) is 0.370. The largest absolute Gasteiger partial charge is 0.490 e. The lowest BCUT2D eigenvalue weighted by molar-refractivity contribution is -0.136. The lowest BCUT2D eigenvalue weighted by Crippen LogP contribution is -2.19. The molecule has 0 saturated carbocycles. The first kappa shape index (κ1) is 25.4. The van der Waals surface area contributed by atoms with Gasteiger partial charge in [-0.3, -0.25) is 4.79 Å². The molecule has 34 heavy (non-hydrogen) atoms. The Morgan fingerprint density at radius 3 is 2.79 bits per heavy atom. The summed E-state index contributed by atoms with van der Waals surface area (Å²) < 4.78 is 5.74. The molecule has 0 unspecified atom stereocenters. The van der Waals surface area contributed by atoms with Crippen molar-refractivity contribution in [1.29, 1.82) is 5.26 Å². The third-order valence-corrected chi connectivity index (χ3v) is 6.50. The van der Waals surface area contributed by atoms with Crippen LogP contribution in [0.5, 0.6) is 5.75 Å². The summed E-state index contributed by atoms with van der Waals surface area (Å²) >= 11 is 1.62. The Morgan fingerprint density at radius 1 is 1.26 bits per heavy atom. The van der Waals surface area contributed by atoms with Gasteiger partial charge in [0.05, 0.1) is 23.0 Å². The summed E-state index contributed by atoms with van der Waals surface area (Å²) in [6.07, 6.45) is 4.87. The molecule has 2 aromatic carbocycles. The number of nitriles is 1. The number of benzene rings is 2. The van der Waals surface area contributed by atoms with Crippen LogP contribution in [-0.2, 0) is 17.6 Å². The van der Waals surface area contributed by atoms with E-state index in [0.29, 0.717) is 17.9 Å². The van der Waals surface area contributed by atoms with Crippen LogP contribution < -0.4 is 10.1 Å². The van der Waals surface area contributed by atoms with Crippen LogP contribution in [0.2, 0.25) is 0 Å². The van der Waals surface area contributed by atoms with Crippen LogP contribution in [0.15, 0.2) is 42.6 Å². The molecule has 0 amide bonds. The predicted molar refractivity (Wildman–Crippen MR) is 136 cm³/mol. The number of hydrogen-bond acceptors (Lipinski definition) is 6. The van der Waals surface area contributed by atoms with Gasteiger partial charge in [-0.25, -0.2) is 4.98 Å². The van der Waals surface area contributed by atoms with E-state index in [1.54, 1.807) is 11.3 Å². The van der Waals surface area contributed by atoms with Crippen LogP contribution in [0.3, 0.4) is 0 Å². The number of aryl methyl sites for hydroxylation is 1. The van der Waals surface area contributed by atoms with Crippen molar-refractivity contribution in [3.8, 4) is 32.8 Å². The van der Waals surface area contributed by atoms with Gasteiger partial charge in [0.1, 0.15) is 16.8 Å². The molecule has 1 heterocycles. The molecule has 0 aliphatic rings. The number of nitrogens with one attached hydrogen (secondary N) is 1. The molecule has 0 saturated heterocycles. The molecule has 3 aromatic rings. The van der Waals surface area contributed by atoms with E-state index in [1.807, 2.05) is 38.2 Å². The number of aliphatic carboxylic acids is 1. The van der Waals surface area contributed by atoms with E-state index in [4.69, 9.17) is 9.84 Å². The van der Waals surface area contributed by atoms with E-state index in [0.717, 1.165) is 41.3 Å². The SMILES string of the molecule is CCc1c(CCCNCCC(=O)O)cccc1-c1cnc(-c2ccc(OC(C)C)c(C#N)c2)s1. The maximum absolute atomic E-state index is 10.6. The van der Waals surface area contributed by atoms with E-state index in [9.17, 15) is 10.1 Å². The average molecular weight is 478 g/mol. The molecular formula is C27H31N3O3S. The number of rotatable bonds is 12. The first-order valence-electron chi connectivity index (χ1n) is 11.6. The van der Waals surface area contributed by atoms with Crippen LogP contribution in [0, 0.1) is 11.3 Å². The number of nitrogens with zero attached hydrogens (tertiary/aromatic N) is 2. The van der Waals surface area contributed by atoms with Crippen molar-refractivity contribution in [2.45, 2.75) is 52.6 Å². The number of hydrogen-bond donors (Lipinski definition) is 2. The normalized spacial score (nSPS) is 10.9. The zero-order chi connectivity index (χ0) is 24.5. The van der Waals surface area contributed by atoms with Gasteiger partial charge in [0.15, 0.2) is 0 Å². The van der Waals surface area contributed by atoms with E-state index in [2.05, 4.69) is 41.5 Å². The Bertz CT molecular complexity index is 1160. The Hall–Kier alpha value is -3.21. The molecule has 0 bridgehead atoms. The molecule has 7 heteroatoms. The minimum Gasteiger partial charge on any atom is -0.490 e. The van der Waals surface area contributed by atoms with Crippen LogP contribution in [0.25, 0.3) is 21.0 Å². The Kier molecular flexibility index (Phi) is 9.20. The molecule has 0 spiro atoms. The third kappa shape index (κ3) is 6.66. The molecule has 0 aliphatic heterocycles. The minimum absolute atomic E-state index is 0.00433. The predicted octanol–water partition coefficient (Wildman–Crippen LogP) is 5.70. The van der Waals surface area contributed by atoms with E-state index in [1.165, 1.54) is 16.7 Å². The first-order valence-corrected chi connectivity index (χ1v) is 12.4. The van der Waals surface area contributed by atoms with Crippen molar-refractivity contribution in [3.63, 3.8) is 0 Å². The van der Waals surface area contributed by atoms with Gasteiger partial charge < -0.3 is 15.2 Å². The van der Waals surface area contributed by atoms with E-state index < -0.39 is 5.97 Å². The highest BCUT2D eigenvalue weighted by atomic mass is 32.1. The number of carbonyl (C=O) groups is 1. The van der Waals surface area contributed by atoms with Gasteiger partial charge in [-0.05, 0) is 74.5 Å². The Labute approximate surface area is 205 Å². The highest BCUT2D eigenvalue weighted by Crippen LogP contribution is 2.36. The smallest absolute Gasteiger partial charge is 0.304 e. The Balaban J connectivity index is 1.76.